The third-order valence-corrected chi connectivity index (χ3v) is 2.24. The Morgan fingerprint density at radius 3 is 2.73 bits per heavy atom. The van der Waals surface area contributed by atoms with Crippen molar-refractivity contribution in [1.82, 2.24) is 20.0 Å². The number of aromatic nitrogens is 4. The molecule has 80 valence electrons. The molecule has 0 aliphatic heterocycles. The fraction of sp³-hybridized carbons (Fsp3) is 0.444. The summed E-state index contributed by atoms with van der Waals surface area (Å²) in [5, 5.41) is 10.9. The van der Waals surface area contributed by atoms with E-state index < -0.39 is 0 Å². The largest absolute Gasteiger partial charge is 0.408 e. The Bertz CT molecular complexity index is 522. The van der Waals surface area contributed by atoms with Gasteiger partial charge in [0.25, 0.3) is 10.7 Å². The van der Waals surface area contributed by atoms with Crippen molar-refractivity contribution in [1.29, 1.82) is 0 Å². The molecule has 0 fully saturated rings. The van der Waals surface area contributed by atoms with Crippen molar-refractivity contribution < 1.29 is 4.42 Å². The first-order chi connectivity index (χ1) is 7.08. The van der Waals surface area contributed by atoms with E-state index in [0.29, 0.717) is 17.6 Å². The quantitative estimate of drug-likeness (QED) is 0.796. The molecule has 0 amide bonds. The third-order valence-electron chi connectivity index (χ3n) is 2.07. The first kappa shape index (κ1) is 10.1. The fourth-order valence-electron chi connectivity index (χ4n) is 1.45. The molecule has 0 spiro atoms. The van der Waals surface area contributed by atoms with E-state index in [-0.39, 0.29) is 4.84 Å². The highest BCUT2D eigenvalue weighted by Gasteiger charge is 2.12. The minimum Gasteiger partial charge on any atom is -0.408 e. The monoisotopic (exact) mass is 224 g/mol. The average molecular weight is 224 g/mol. The van der Waals surface area contributed by atoms with Crippen molar-refractivity contribution >= 4 is 12.2 Å². The highest BCUT2D eigenvalue weighted by molar-refractivity contribution is 7.71. The molecule has 2 aromatic rings. The van der Waals surface area contributed by atoms with E-state index in [1.54, 1.807) is 0 Å². The molecule has 0 unspecified atom stereocenters. The molecule has 0 aromatic carbocycles. The van der Waals surface area contributed by atoms with Gasteiger partial charge in [0.2, 0.25) is 0 Å². The van der Waals surface area contributed by atoms with Crippen LogP contribution in [-0.2, 0) is 0 Å². The molecule has 0 saturated carbocycles. The van der Waals surface area contributed by atoms with Gasteiger partial charge in [-0.2, -0.15) is 5.10 Å². The third kappa shape index (κ3) is 1.85. The number of aryl methyl sites for hydroxylation is 1. The predicted octanol–water partition coefficient (Wildman–Crippen LogP) is 2.49. The van der Waals surface area contributed by atoms with Gasteiger partial charge in [-0.25, -0.2) is 5.10 Å². The van der Waals surface area contributed by atoms with Crippen LogP contribution in [0.2, 0.25) is 0 Å². The molecule has 0 saturated heterocycles. The molecule has 0 atom stereocenters. The minimum absolute atomic E-state index is 0.266. The van der Waals surface area contributed by atoms with Crippen molar-refractivity contribution in [3.8, 4) is 11.6 Å². The second-order valence-corrected chi connectivity index (χ2v) is 4.00. The van der Waals surface area contributed by atoms with Crippen LogP contribution in [0.1, 0.15) is 25.6 Å². The normalized spacial score (nSPS) is 11.2. The molecule has 6 heteroatoms. The molecule has 0 radical (unpaired) electrons. The molecule has 2 aromatic heterocycles. The van der Waals surface area contributed by atoms with Gasteiger partial charge < -0.3 is 4.42 Å². The average Bonchev–Trinajstić information content (AvgIpc) is 2.71. The maximum absolute atomic E-state index is 5.19. The second-order valence-electron chi connectivity index (χ2n) is 3.63. The molecule has 1 N–H and O–H groups in total. The lowest BCUT2D eigenvalue weighted by Gasteiger charge is -2.06. The van der Waals surface area contributed by atoms with Gasteiger partial charge in [0.05, 0.1) is 0 Å². The number of hydrogen-bond donors (Lipinski definition) is 1. The van der Waals surface area contributed by atoms with Gasteiger partial charge in [-0.05, 0) is 39.1 Å². The van der Waals surface area contributed by atoms with E-state index >= 15 is 0 Å². The molecular weight excluding hydrogens is 212 g/mol. The SMILES string of the molecule is Cc1cc(-c2n[nH]c(=S)o2)nn1C(C)C. The predicted molar refractivity (Wildman–Crippen MR) is 58.0 cm³/mol. The smallest absolute Gasteiger partial charge is 0.284 e. The highest BCUT2D eigenvalue weighted by Crippen LogP contribution is 2.18. The standard InChI is InChI=1S/C9H12N4OS/c1-5(2)13-6(3)4-7(12-13)8-10-11-9(15)14-8/h4-5H,1-3H3,(H,11,15). The topological polar surface area (TPSA) is 59.6 Å². The Kier molecular flexibility index (Phi) is 2.44. The molecule has 0 aliphatic rings. The zero-order valence-electron chi connectivity index (χ0n) is 8.81. The van der Waals surface area contributed by atoms with Crippen LogP contribution in [-0.4, -0.2) is 20.0 Å². The number of nitrogens with zero attached hydrogens (tertiary/aromatic N) is 3. The summed E-state index contributed by atoms with van der Waals surface area (Å²) in [6.45, 7) is 6.14. The summed E-state index contributed by atoms with van der Waals surface area (Å²) < 4.78 is 7.11. The molecule has 0 aliphatic carbocycles. The Balaban J connectivity index is 2.46. The number of rotatable bonds is 2. The zero-order chi connectivity index (χ0) is 11.0. The van der Waals surface area contributed by atoms with E-state index in [4.69, 9.17) is 16.6 Å². The van der Waals surface area contributed by atoms with Crippen LogP contribution in [0.4, 0.5) is 0 Å². The molecule has 0 bridgehead atoms. The van der Waals surface area contributed by atoms with Crippen LogP contribution in [0.25, 0.3) is 11.6 Å². The van der Waals surface area contributed by atoms with E-state index in [1.807, 2.05) is 17.7 Å². The van der Waals surface area contributed by atoms with Crippen molar-refractivity contribution in [3.05, 3.63) is 16.6 Å². The van der Waals surface area contributed by atoms with Crippen molar-refractivity contribution in [3.63, 3.8) is 0 Å². The number of H-pyrrole nitrogens is 1. The summed E-state index contributed by atoms with van der Waals surface area (Å²) in [6, 6.07) is 2.25. The van der Waals surface area contributed by atoms with Crippen LogP contribution < -0.4 is 0 Å². The van der Waals surface area contributed by atoms with Crippen LogP contribution in [0.15, 0.2) is 10.5 Å². The van der Waals surface area contributed by atoms with Gasteiger partial charge in [-0.3, -0.25) is 4.68 Å². The lowest BCUT2D eigenvalue weighted by molar-refractivity contribution is 0.513. The zero-order valence-corrected chi connectivity index (χ0v) is 9.63. The van der Waals surface area contributed by atoms with Gasteiger partial charge >= 0.3 is 0 Å². The number of nitrogens with one attached hydrogen (secondary N) is 1. The maximum atomic E-state index is 5.19. The Morgan fingerprint density at radius 1 is 1.53 bits per heavy atom. The molecule has 2 rings (SSSR count). The van der Waals surface area contributed by atoms with Gasteiger partial charge in [0, 0.05) is 11.7 Å². The van der Waals surface area contributed by atoms with Crippen LogP contribution >= 0.6 is 12.2 Å². The summed E-state index contributed by atoms with van der Waals surface area (Å²) in [5.74, 6) is 0.433. The first-order valence-electron chi connectivity index (χ1n) is 4.70. The number of hydrogen-bond acceptors (Lipinski definition) is 4. The summed E-state index contributed by atoms with van der Waals surface area (Å²) in [4.78, 5) is 0.266. The van der Waals surface area contributed by atoms with E-state index in [2.05, 4.69) is 29.1 Å². The van der Waals surface area contributed by atoms with Crippen molar-refractivity contribution in [2.45, 2.75) is 26.8 Å². The van der Waals surface area contributed by atoms with E-state index in [1.165, 1.54) is 0 Å². The molecule has 15 heavy (non-hydrogen) atoms. The van der Waals surface area contributed by atoms with E-state index in [0.717, 1.165) is 5.69 Å². The van der Waals surface area contributed by atoms with Gasteiger partial charge in [0.15, 0.2) is 0 Å². The Hall–Kier alpha value is -1.43. The molecule has 2 heterocycles. The van der Waals surface area contributed by atoms with Crippen molar-refractivity contribution in [2.75, 3.05) is 0 Å². The van der Waals surface area contributed by atoms with Gasteiger partial charge in [-0.15, -0.1) is 5.10 Å². The lowest BCUT2D eigenvalue weighted by atomic mass is 10.3. The summed E-state index contributed by atoms with van der Waals surface area (Å²) in [6.07, 6.45) is 0. The lowest BCUT2D eigenvalue weighted by Crippen LogP contribution is -2.04. The maximum Gasteiger partial charge on any atom is 0.284 e. The molecule has 5 nitrogen and oxygen atoms in total. The van der Waals surface area contributed by atoms with Gasteiger partial charge in [-0.1, -0.05) is 0 Å². The van der Waals surface area contributed by atoms with Crippen LogP contribution in [0.3, 0.4) is 0 Å². The van der Waals surface area contributed by atoms with Gasteiger partial charge in [0.1, 0.15) is 5.69 Å². The highest BCUT2D eigenvalue weighted by atomic mass is 32.1. The van der Waals surface area contributed by atoms with E-state index in [9.17, 15) is 0 Å². The summed E-state index contributed by atoms with van der Waals surface area (Å²) in [7, 11) is 0. The Morgan fingerprint density at radius 2 is 2.27 bits per heavy atom. The first-order valence-corrected chi connectivity index (χ1v) is 5.11. The molecular formula is C9H12N4OS. The summed E-state index contributed by atoms with van der Waals surface area (Å²) >= 11 is 4.80. The number of aromatic amines is 1. The Labute approximate surface area is 92.1 Å². The van der Waals surface area contributed by atoms with Crippen LogP contribution in [0, 0.1) is 11.8 Å². The van der Waals surface area contributed by atoms with Crippen molar-refractivity contribution in [2.24, 2.45) is 0 Å². The van der Waals surface area contributed by atoms with Crippen LogP contribution in [0.5, 0.6) is 0 Å². The fourth-order valence-corrected chi connectivity index (χ4v) is 1.58. The summed E-state index contributed by atoms with van der Waals surface area (Å²) in [5.41, 5.74) is 1.78. The second kappa shape index (κ2) is 3.62. The minimum atomic E-state index is 0.266.